The van der Waals surface area contributed by atoms with Crippen LogP contribution in [-0.4, -0.2) is 83.7 Å². The second-order valence-corrected chi connectivity index (χ2v) is 11.4. The van der Waals surface area contributed by atoms with Crippen molar-refractivity contribution in [3.63, 3.8) is 0 Å². The number of aromatic nitrogens is 4. The van der Waals surface area contributed by atoms with E-state index in [9.17, 15) is 29.1 Å². The topological polar surface area (TPSA) is 216 Å². The minimum absolute atomic E-state index is 0.0177. The third-order valence-electron chi connectivity index (χ3n) is 7.73. The van der Waals surface area contributed by atoms with Crippen molar-refractivity contribution in [3.8, 4) is 0 Å². The predicted molar refractivity (Wildman–Crippen MR) is 146 cm³/mol. The number of carbonyl (C=O) groups is 5. The third-order valence-corrected chi connectivity index (χ3v) is 7.73. The van der Waals surface area contributed by atoms with E-state index in [1.807, 2.05) is 0 Å². The van der Waals surface area contributed by atoms with E-state index in [0.717, 1.165) is 44.8 Å². The van der Waals surface area contributed by atoms with Crippen molar-refractivity contribution in [2.24, 2.45) is 16.6 Å². The first kappa shape index (κ1) is 30.7. The first-order valence-electron chi connectivity index (χ1n) is 13.9. The number of aliphatic hydroxyl groups is 1. The summed E-state index contributed by atoms with van der Waals surface area (Å²) in [7, 11) is 0. The zero-order valence-corrected chi connectivity index (χ0v) is 23.9. The van der Waals surface area contributed by atoms with Gasteiger partial charge in [-0.3, -0.25) is 24.0 Å². The molecule has 1 unspecified atom stereocenters. The Hall–Kier alpha value is -4.27. The van der Waals surface area contributed by atoms with Crippen molar-refractivity contribution in [2.45, 2.75) is 89.4 Å². The van der Waals surface area contributed by atoms with Crippen molar-refractivity contribution >= 4 is 35.1 Å². The SMILES string of the molecule is CC(NC(=O)[C@@H]1C[C@H](n2nncc2C(C)(C)O)CN1C(=O)C(CC1CCCCC1)=NC(=O)c1cocn1)C(=O)C(N)=O. The van der Waals surface area contributed by atoms with E-state index in [2.05, 4.69) is 25.6 Å². The fourth-order valence-corrected chi connectivity index (χ4v) is 5.51. The lowest BCUT2D eigenvalue weighted by Crippen LogP contribution is -2.52. The van der Waals surface area contributed by atoms with Crippen molar-refractivity contribution in [1.82, 2.24) is 30.2 Å². The lowest BCUT2D eigenvalue weighted by atomic mass is 9.85. The van der Waals surface area contributed by atoms with Crippen LogP contribution in [0.4, 0.5) is 0 Å². The second kappa shape index (κ2) is 12.7. The summed E-state index contributed by atoms with van der Waals surface area (Å²) in [4.78, 5) is 73.3. The minimum Gasteiger partial charge on any atom is -0.451 e. The van der Waals surface area contributed by atoms with Crippen LogP contribution in [0.2, 0.25) is 0 Å². The molecule has 0 radical (unpaired) electrons. The van der Waals surface area contributed by atoms with Gasteiger partial charge in [-0.05, 0) is 33.1 Å². The lowest BCUT2D eigenvalue weighted by Gasteiger charge is -2.27. The number of nitrogens with two attached hydrogens (primary N) is 1. The summed E-state index contributed by atoms with van der Waals surface area (Å²) in [6, 6.07) is -2.94. The molecule has 2 aliphatic rings. The summed E-state index contributed by atoms with van der Waals surface area (Å²) in [5.41, 5.74) is 4.07. The van der Waals surface area contributed by atoms with E-state index < -0.39 is 53.1 Å². The highest BCUT2D eigenvalue weighted by Crippen LogP contribution is 2.33. The quantitative estimate of drug-likeness (QED) is 0.259. The maximum absolute atomic E-state index is 14.1. The van der Waals surface area contributed by atoms with Crippen molar-refractivity contribution in [1.29, 1.82) is 0 Å². The van der Waals surface area contributed by atoms with Crippen LogP contribution in [0.3, 0.4) is 0 Å². The monoisotopic (exact) mass is 584 g/mol. The molecule has 15 nitrogen and oxygen atoms in total. The molecular formula is C27H36N8O7. The van der Waals surface area contributed by atoms with Gasteiger partial charge in [0.15, 0.2) is 12.1 Å². The van der Waals surface area contributed by atoms with Crippen LogP contribution >= 0.6 is 0 Å². The Morgan fingerprint density at radius 2 is 1.93 bits per heavy atom. The molecule has 2 fully saturated rings. The molecule has 4 N–H and O–H groups in total. The van der Waals surface area contributed by atoms with Crippen LogP contribution in [0, 0.1) is 5.92 Å². The molecule has 0 spiro atoms. The third kappa shape index (κ3) is 6.95. The maximum atomic E-state index is 14.1. The van der Waals surface area contributed by atoms with E-state index in [4.69, 9.17) is 10.2 Å². The first-order valence-corrected chi connectivity index (χ1v) is 13.9. The zero-order valence-electron chi connectivity index (χ0n) is 23.9. The number of ketones is 1. The summed E-state index contributed by atoms with van der Waals surface area (Å²) >= 11 is 0. The molecule has 4 rings (SSSR count). The Morgan fingerprint density at radius 3 is 2.55 bits per heavy atom. The summed E-state index contributed by atoms with van der Waals surface area (Å²) in [6.07, 6.45) is 8.74. The molecule has 226 valence electrons. The highest BCUT2D eigenvalue weighted by atomic mass is 16.3. The van der Waals surface area contributed by atoms with Gasteiger partial charge < -0.3 is 25.5 Å². The summed E-state index contributed by atoms with van der Waals surface area (Å²) < 4.78 is 6.36. The number of nitrogens with one attached hydrogen (secondary N) is 1. The van der Waals surface area contributed by atoms with Crippen LogP contribution < -0.4 is 11.1 Å². The molecule has 1 aliphatic heterocycles. The molecule has 3 atom stereocenters. The molecule has 1 aliphatic carbocycles. The average molecular weight is 585 g/mol. The van der Waals surface area contributed by atoms with Crippen LogP contribution in [-0.2, 0) is 24.8 Å². The fourth-order valence-electron chi connectivity index (χ4n) is 5.51. The van der Waals surface area contributed by atoms with Gasteiger partial charge in [0, 0.05) is 13.0 Å². The molecule has 3 heterocycles. The van der Waals surface area contributed by atoms with Gasteiger partial charge in [0.05, 0.1) is 24.0 Å². The second-order valence-electron chi connectivity index (χ2n) is 11.4. The summed E-state index contributed by atoms with van der Waals surface area (Å²) in [5.74, 6) is -4.14. The van der Waals surface area contributed by atoms with Gasteiger partial charge >= 0.3 is 0 Å². The maximum Gasteiger partial charge on any atom is 0.299 e. The number of hydrogen-bond donors (Lipinski definition) is 3. The van der Waals surface area contributed by atoms with Gasteiger partial charge in [0.1, 0.15) is 23.6 Å². The molecule has 15 heteroatoms. The molecule has 2 aromatic rings. The van der Waals surface area contributed by atoms with E-state index in [1.165, 1.54) is 22.7 Å². The van der Waals surface area contributed by atoms with Crippen molar-refractivity contribution in [2.75, 3.05) is 6.54 Å². The largest absolute Gasteiger partial charge is 0.451 e. The first-order chi connectivity index (χ1) is 19.9. The number of primary amides is 1. The Bertz CT molecular complexity index is 1350. The lowest BCUT2D eigenvalue weighted by molar-refractivity contribution is -0.139. The molecule has 0 bridgehead atoms. The zero-order chi connectivity index (χ0) is 30.6. The molecule has 0 aromatic carbocycles. The van der Waals surface area contributed by atoms with E-state index in [-0.39, 0.29) is 36.7 Å². The molecule has 2 aromatic heterocycles. The number of nitrogens with zero attached hydrogens (tertiary/aromatic N) is 6. The van der Waals surface area contributed by atoms with Gasteiger partial charge in [0.2, 0.25) is 11.7 Å². The number of likely N-dealkylation sites (tertiary alicyclic amines) is 1. The smallest absolute Gasteiger partial charge is 0.299 e. The Labute approximate surface area is 241 Å². The predicted octanol–water partition coefficient (Wildman–Crippen LogP) is 0.446. The Kier molecular flexibility index (Phi) is 9.29. The number of Topliss-reactive ketones (excluding diaryl/α,β-unsaturated/α-hetero) is 1. The van der Waals surface area contributed by atoms with E-state index in [0.29, 0.717) is 5.69 Å². The molecular weight excluding hydrogens is 548 g/mol. The Balaban J connectivity index is 1.68. The standard InChI is InChI=1S/C27H36N8O7/c1-15(22(36)23(28)37)31-25(39)20-10-17(35-21(11-30-33-35)27(2,3)41)12-34(20)26(40)18(9-16-7-5-4-6-8-16)32-24(38)19-13-42-14-29-19/h11,13-17,20,41H,4-10,12H2,1-3H3,(H2,28,37)(H,31,39)/t15?,17-,20-/m0/s1. The van der Waals surface area contributed by atoms with Gasteiger partial charge in [-0.1, -0.05) is 37.3 Å². The number of carbonyl (C=O) groups excluding carboxylic acids is 5. The van der Waals surface area contributed by atoms with Crippen LogP contribution in [0.25, 0.3) is 0 Å². The summed E-state index contributed by atoms with van der Waals surface area (Å²) in [5, 5.41) is 21.1. The van der Waals surface area contributed by atoms with Gasteiger partial charge in [-0.25, -0.2) is 14.7 Å². The fraction of sp³-hybridized carbons (Fsp3) is 0.593. The average Bonchev–Trinajstić information content (AvgIpc) is 3.72. The highest BCUT2D eigenvalue weighted by molar-refractivity contribution is 6.41. The molecule has 1 saturated heterocycles. The number of hydrogen-bond acceptors (Lipinski definition) is 10. The molecule has 4 amide bonds. The molecule has 1 saturated carbocycles. The van der Waals surface area contributed by atoms with Crippen molar-refractivity contribution in [3.05, 3.63) is 30.2 Å². The summed E-state index contributed by atoms with van der Waals surface area (Å²) in [6.45, 7) is 4.42. The van der Waals surface area contributed by atoms with Gasteiger partial charge in [0.25, 0.3) is 17.7 Å². The van der Waals surface area contributed by atoms with Gasteiger partial charge in [-0.15, -0.1) is 5.10 Å². The normalized spacial score (nSPS) is 20.8. The number of oxazole rings is 1. The van der Waals surface area contributed by atoms with Crippen molar-refractivity contribution < 1.29 is 33.5 Å². The van der Waals surface area contributed by atoms with E-state index in [1.54, 1.807) is 13.8 Å². The molecule has 42 heavy (non-hydrogen) atoms. The number of amides is 4. The Morgan fingerprint density at radius 1 is 1.21 bits per heavy atom. The van der Waals surface area contributed by atoms with Crippen LogP contribution in [0.1, 0.15) is 87.9 Å². The number of rotatable bonds is 10. The van der Waals surface area contributed by atoms with Crippen LogP contribution in [0.15, 0.2) is 28.3 Å². The van der Waals surface area contributed by atoms with E-state index >= 15 is 0 Å². The minimum atomic E-state index is -1.32. The number of aliphatic imine (C=N–C) groups is 1. The van der Waals surface area contributed by atoms with Gasteiger partial charge in [-0.2, -0.15) is 0 Å². The van der Waals surface area contributed by atoms with Crippen LogP contribution in [0.5, 0.6) is 0 Å². The highest BCUT2D eigenvalue weighted by Gasteiger charge is 2.44.